The highest BCUT2D eigenvalue weighted by molar-refractivity contribution is 7.96. The van der Waals surface area contributed by atoms with Crippen molar-refractivity contribution in [2.24, 2.45) is 11.5 Å². The minimum atomic E-state index is -0.186. The second kappa shape index (κ2) is 3.84. The molecule has 7 heteroatoms. The normalized spacial score (nSPS) is 8.00. The molecule has 0 spiro atoms. The summed E-state index contributed by atoms with van der Waals surface area (Å²) in [5.41, 5.74) is 9.76. The predicted octanol–water partition coefficient (Wildman–Crippen LogP) is -1.48. The lowest BCUT2D eigenvalue weighted by Crippen LogP contribution is -2.32. The number of hydrogen-bond donors (Lipinski definition) is 6. The van der Waals surface area contributed by atoms with E-state index in [4.69, 9.17) is 22.3 Å². The first-order valence-electron chi connectivity index (χ1n) is 1.99. The molecule has 52 valence electrons. The molecule has 0 aliphatic rings. The maximum atomic E-state index is 6.63. The van der Waals surface area contributed by atoms with Crippen LogP contribution in [0.1, 0.15) is 0 Å². The minimum absolute atomic E-state index is 0.186. The van der Waals surface area contributed by atoms with E-state index in [1.807, 2.05) is 0 Å². The average Bonchev–Trinajstić information content (AvgIpc) is 1.63. The summed E-state index contributed by atoms with van der Waals surface area (Å²) >= 11 is 0.870. The van der Waals surface area contributed by atoms with Gasteiger partial charge in [-0.05, 0) is 0 Å². The summed E-state index contributed by atoms with van der Waals surface area (Å²) in [4.78, 5) is 0. The van der Waals surface area contributed by atoms with Crippen LogP contribution in [0.15, 0.2) is 0 Å². The third-order valence-electron chi connectivity index (χ3n) is 0.322. The fourth-order valence-electron chi connectivity index (χ4n) is 0.135. The van der Waals surface area contributed by atoms with Crippen molar-refractivity contribution < 1.29 is 0 Å². The smallest absolute Gasteiger partial charge is 0.197 e. The SMILES string of the molecule is N=C(N)NSNC(=N)N. The summed E-state index contributed by atoms with van der Waals surface area (Å²) in [7, 11) is 0. The van der Waals surface area contributed by atoms with Gasteiger partial charge in [-0.15, -0.1) is 0 Å². The van der Waals surface area contributed by atoms with E-state index in [0.29, 0.717) is 0 Å². The first-order valence-corrected chi connectivity index (χ1v) is 2.80. The topological polar surface area (TPSA) is 124 Å². The third kappa shape index (κ3) is 6.89. The highest BCUT2D eigenvalue weighted by Crippen LogP contribution is 1.78. The first kappa shape index (κ1) is 7.89. The quantitative estimate of drug-likeness (QED) is 0.162. The zero-order valence-electron chi connectivity index (χ0n) is 4.56. The summed E-state index contributed by atoms with van der Waals surface area (Å²) in [5.74, 6) is -0.373. The summed E-state index contributed by atoms with van der Waals surface area (Å²) < 4.78 is 4.65. The van der Waals surface area contributed by atoms with E-state index < -0.39 is 0 Å². The molecule has 0 rings (SSSR count). The van der Waals surface area contributed by atoms with Crippen molar-refractivity contribution in [2.45, 2.75) is 0 Å². The van der Waals surface area contributed by atoms with E-state index in [1.165, 1.54) is 0 Å². The Morgan fingerprint density at radius 3 is 1.67 bits per heavy atom. The van der Waals surface area contributed by atoms with Gasteiger partial charge in [0.15, 0.2) is 11.9 Å². The van der Waals surface area contributed by atoms with Crippen LogP contribution in [0.2, 0.25) is 0 Å². The van der Waals surface area contributed by atoms with Crippen LogP contribution in [0.4, 0.5) is 0 Å². The Kier molecular flexibility index (Phi) is 3.37. The number of rotatable bonds is 2. The molecule has 0 atom stereocenters. The van der Waals surface area contributed by atoms with E-state index in [9.17, 15) is 0 Å². The molecule has 0 aromatic carbocycles. The Bertz CT molecular complexity index is 106. The van der Waals surface area contributed by atoms with Gasteiger partial charge in [0.05, 0.1) is 12.1 Å². The average molecular weight is 148 g/mol. The van der Waals surface area contributed by atoms with E-state index in [0.717, 1.165) is 12.1 Å². The van der Waals surface area contributed by atoms with Gasteiger partial charge in [-0.2, -0.15) is 0 Å². The molecule has 0 radical (unpaired) electrons. The molecule has 8 N–H and O–H groups in total. The van der Waals surface area contributed by atoms with Gasteiger partial charge >= 0.3 is 0 Å². The van der Waals surface area contributed by atoms with Crippen LogP contribution in [0, 0.1) is 10.8 Å². The van der Waals surface area contributed by atoms with E-state index >= 15 is 0 Å². The van der Waals surface area contributed by atoms with Crippen LogP contribution in [-0.4, -0.2) is 11.9 Å². The van der Waals surface area contributed by atoms with Crippen molar-refractivity contribution in [2.75, 3.05) is 0 Å². The molecule has 0 saturated heterocycles. The molecule has 9 heavy (non-hydrogen) atoms. The van der Waals surface area contributed by atoms with Gasteiger partial charge in [-0.3, -0.25) is 20.3 Å². The zero-order valence-corrected chi connectivity index (χ0v) is 5.38. The molecule has 0 saturated carbocycles. The zero-order chi connectivity index (χ0) is 7.28. The molecule has 0 amide bonds. The lowest BCUT2D eigenvalue weighted by atomic mass is 11.1. The Morgan fingerprint density at radius 2 is 1.44 bits per heavy atom. The van der Waals surface area contributed by atoms with Crippen LogP contribution in [0.3, 0.4) is 0 Å². The number of guanidine groups is 2. The van der Waals surface area contributed by atoms with Crippen LogP contribution >= 0.6 is 12.1 Å². The maximum absolute atomic E-state index is 6.63. The van der Waals surface area contributed by atoms with Gasteiger partial charge in [0.1, 0.15) is 0 Å². The van der Waals surface area contributed by atoms with E-state index in [-0.39, 0.29) is 11.9 Å². The fourth-order valence-corrected chi connectivity index (χ4v) is 0.406. The highest BCUT2D eigenvalue weighted by atomic mass is 32.2. The molecule has 0 unspecified atom stereocenters. The second-order valence-electron chi connectivity index (χ2n) is 1.13. The molecule has 6 nitrogen and oxygen atoms in total. The highest BCUT2D eigenvalue weighted by Gasteiger charge is 1.86. The van der Waals surface area contributed by atoms with Crippen LogP contribution in [-0.2, 0) is 0 Å². The lowest BCUT2D eigenvalue weighted by Gasteiger charge is -2.01. The third-order valence-corrected chi connectivity index (χ3v) is 0.966. The molecule has 0 aromatic heterocycles. The predicted molar refractivity (Wildman–Crippen MR) is 37.7 cm³/mol. The molecule has 0 aliphatic heterocycles. The number of hydrogen-bond acceptors (Lipinski definition) is 3. The van der Waals surface area contributed by atoms with Crippen LogP contribution in [0.25, 0.3) is 0 Å². The fraction of sp³-hybridized carbons (Fsp3) is 0. The summed E-state index contributed by atoms with van der Waals surface area (Å²) in [6.45, 7) is 0. The minimum Gasteiger partial charge on any atom is -0.369 e. The van der Waals surface area contributed by atoms with Gasteiger partial charge in [0.2, 0.25) is 0 Å². The maximum Gasteiger partial charge on any atom is 0.197 e. The Hall–Kier alpha value is -1.11. The van der Waals surface area contributed by atoms with Crippen LogP contribution < -0.4 is 20.9 Å². The molecule has 0 aromatic rings. The molecule has 0 aliphatic carbocycles. The van der Waals surface area contributed by atoms with Gasteiger partial charge in [-0.1, -0.05) is 0 Å². The Balaban J connectivity index is 3.10. The van der Waals surface area contributed by atoms with Crippen molar-refractivity contribution in [1.29, 1.82) is 10.8 Å². The van der Waals surface area contributed by atoms with E-state index in [1.54, 1.807) is 0 Å². The van der Waals surface area contributed by atoms with Crippen molar-refractivity contribution in [3.8, 4) is 0 Å². The molecular formula is C2H8N6S. The standard InChI is InChI=1S/C2H8N6S/c3-1(4)7-9-8-2(5)6/h(H4,3,4,7)(H4,5,6,8). The van der Waals surface area contributed by atoms with Crippen molar-refractivity contribution in [1.82, 2.24) is 9.44 Å². The largest absolute Gasteiger partial charge is 0.369 e. The molecular weight excluding hydrogens is 140 g/mol. The lowest BCUT2D eigenvalue weighted by molar-refractivity contribution is 1.27. The van der Waals surface area contributed by atoms with Gasteiger partial charge in [-0.25, -0.2) is 0 Å². The second-order valence-corrected chi connectivity index (χ2v) is 1.75. The van der Waals surface area contributed by atoms with Crippen molar-refractivity contribution in [3.63, 3.8) is 0 Å². The molecule has 0 fully saturated rings. The monoisotopic (exact) mass is 148 g/mol. The van der Waals surface area contributed by atoms with E-state index in [2.05, 4.69) is 9.44 Å². The molecule has 0 heterocycles. The number of nitrogens with two attached hydrogens (primary N) is 2. The first-order chi connectivity index (χ1) is 4.13. The summed E-state index contributed by atoms with van der Waals surface area (Å²) in [5, 5.41) is 13.3. The molecule has 0 bridgehead atoms. The van der Waals surface area contributed by atoms with Crippen molar-refractivity contribution in [3.05, 3.63) is 0 Å². The Labute approximate surface area is 56.6 Å². The number of nitrogens with one attached hydrogen (secondary N) is 4. The van der Waals surface area contributed by atoms with Gasteiger partial charge < -0.3 is 11.5 Å². The Morgan fingerprint density at radius 1 is 1.11 bits per heavy atom. The van der Waals surface area contributed by atoms with Crippen LogP contribution in [0.5, 0.6) is 0 Å². The summed E-state index contributed by atoms with van der Waals surface area (Å²) in [6, 6.07) is 0. The van der Waals surface area contributed by atoms with Gasteiger partial charge in [0, 0.05) is 0 Å². The van der Waals surface area contributed by atoms with Crippen molar-refractivity contribution >= 4 is 24.1 Å². The van der Waals surface area contributed by atoms with Gasteiger partial charge in [0.25, 0.3) is 0 Å². The summed E-state index contributed by atoms with van der Waals surface area (Å²) in [6.07, 6.45) is 0.